The van der Waals surface area contributed by atoms with Crippen molar-refractivity contribution in [2.45, 2.75) is 39.0 Å². The third kappa shape index (κ3) is 5.36. The number of nitrogens with one attached hydrogen (secondary N) is 1. The molecule has 0 atom stereocenters. The molecule has 1 aliphatic rings. The zero-order valence-electron chi connectivity index (χ0n) is 15.2. The summed E-state index contributed by atoms with van der Waals surface area (Å²) in [7, 11) is 0. The number of carbonyl (C=O) groups is 2. The van der Waals surface area contributed by atoms with E-state index in [1.807, 2.05) is 31.2 Å². The molecule has 2 amide bonds. The van der Waals surface area contributed by atoms with Gasteiger partial charge in [-0.1, -0.05) is 37.6 Å². The Hall–Kier alpha value is -1.75. The van der Waals surface area contributed by atoms with Crippen molar-refractivity contribution in [2.24, 2.45) is 5.92 Å². The highest BCUT2D eigenvalue weighted by molar-refractivity contribution is 6.30. The average Bonchev–Trinajstić information content (AvgIpc) is 2.60. The van der Waals surface area contributed by atoms with E-state index in [4.69, 9.17) is 16.3 Å². The zero-order chi connectivity index (χ0) is 18.4. The van der Waals surface area contributed by atoms with Gasteiger partial charge in [-0.05, 0) is 37.5 Å². The van der Waals surface area contributed by atoms with Crippen LogP contribution in [0.4, 0.5) is 4.79 Å². The largest absolute Gasteiger partial charge is 0.466 e. The second-order valence-corrected chi connectivity index (χ2v) is 7.50. The number of ether oxygens (including phenoxy) is 1. The Morgan fingerprint density at radius 3 is 2.40 bits per heavy atom. The molecule has 5 nitrogen and oxygen atoms in total. The van der Waals surface area contributed by atoms with Crippen LogP contribution in [0.5, 0.6) is 0 Å². The van der Waals surface area contributed by atoms with Crippen LogP contribution in [0.1, 0.15) is 39.2 Å². The Labute approximate surface area is 154 Å². The van der Waals surface area contributed by atoms with Crippen molar-refractivity contribution >= 4 is 23.6 Å². The molecule has 1 aromatic rings. The Kier molecular flexibility index (Phi) is 6.71. The summed E-state index contributed by atoms with van der Waals surface area (Å²) in [5.41, 5.74) is 0.932. The van der Waals surface area contributed by atoms with E-state index in [1.165, 1.54) is 0 Å². The molecule has 0 aromatic heterocycles. The fraction of sp³-hybridized carbons (Fsp3) is 0.579. The van der Waals surface area contributed by atoms with Crippen LogP contribution >= 0.6 is 11.6 Å². The minimum absolute atomic E-state index is 0.0793. The third-order valence-corrected chi connectivity index (χ3v) is 4.96. The van der Waals surface area contributed by atoms with Gasteiger partial charge in [-0.3, -0.25) is 4.79 Å². The van der Waals surface area contributed by atoms with Gasteiger partial charge in [0.25, 0.3) is 0 Å². The Morgan fingerprint density at radius 2 is 1.84 bits per heavy atom. The zero-order valence-corrected chi connectivity index (χ0v) is 15.9. The minimum Gasteiger partial charge on any atom is -0.466 e. The Bertz CT molecular complexity index is 593. The van der Waals surface area contributed by atoms with Gasteiger partial charge < -0.3 is 15.0 Å². The van der Waals surface area contributed by atoms with Crippen LogP contribution in [0.3, 0.4) is 0 Å². The van der Waals surface area contributed by atoms with Gasteiger partial charge in [0.1, 0.15) is 0 Å². The molecular weight excluding hydrogens is 340 g/mol. The van der Waals surface area contributed by atoms with E-state index in [2.05, 4.69) is 19.2 Å². The summed E-state index contributed by atoms with van der Waals surface area (Å²) >= 11 is 5.94. The quantitative estimate of drug-likeness (QED) is 0.810. The summed E-state index contributed by atoms with van der Waals surface area (Å²) in [6.45, 7) is 8.08. The SMILES string of the molecule is CCOC(=O)C1CCN(C(=O)NCC(C)(C)c2ccc(Cl)cc2)CC1. The van der Waals surface area contributed by atoms with Crippen molar-refractivity contribution in [3.05, 3.63) is 34.9 Å². The van der Waals surface area contributed by atoms with Crippen molar-refractivity contribution < 1.29 is 14.3 Å². The molecule has 0 spiro atoms. The predicted octanol–water partition coefficient (Wildman–Crippen LogP) is 3.60. The lowest BCUT2D eigenvalue weighted by Gasteiger charge is -2.32. The standard InChI is InChI=1S/C19H27ClN2O3/c1-4-25-17(23)14-9-11-22(12-10-14)18(24)21-13-19(2,3)15-5-7-16(20)8-6-15/h5-8,14H,4,9-13H2,1-3H3,(H,21,24). The normalized spacial score (nSPS) is 15.8. The maximum absolute atomic E-state index is 12.4. The first-order chi connectivity index (χ1) is 11.8. The van der Waals surface area contributed by atoms with Gasteiger partial charge in [0.05, 0.1) is 12.5 Å². The summed E-state index contributed by atoms with van der Waals surface area (Å²) in [6, 6.07) is 7.62. The van der Waals surface area contributed by atoms with E-state index in [0.717, 1.165) is 5.56 Å². The van der Waals surface area contributed by atoms with E-state index in [0.29, 0.717) is 44.1 Å². The number of hydrogen-bond acceptors (Lipinski definition) is 3. The minimum atomic E-state index is -0.191. The maximum Gasteiger partial charge on any atom is 0.317 e. The van der Waals surface area contributed by atoms with Gasteiger partial charge in [-0.25, -0.2) is 4.79 Å². The number of likely N-dealkylation sites (tertiary alicyclic amines) is 1. The summed E-state index contributed by atoms with van der Waals surface area (Å²) in [6.07, 6.45) is 1.32. The topological polar surface area (TPSA) is 58.6 Å². The summed E-state index contributed by atoms with van der Waals surface area (Å²) < 4.78 is 5.06. The van der Waals surface area contributed by atoms with E-state index in [9.17, 15) is 9.59 Å². The number of urea groups is 1. The van der Waals surface area contributed by atoms with Gasteiger partial charge in [0, 0.05) is 30.1 Å². The second kappa shape index (κ2) is 8.56. The number of hydrogen-bond donors (Lipinski definition) is 1. The molecule has 1 aromatic carbocycles. The highest BCUT2D eigenvalue weighted by Gasteiger charge is 2.29. The lowest BCUT2D eigenvalue weighted by molar-refractivity contribution is -0.149. The molecule has 0 radical (unpaired) electrons. The van der Waals surface area contributed by atoms with E-state index in [1.54, 1.807) is 4.90 Å². The predicted molar refractivity (Wildman–Crippen MR) is 98.8 cm³/mol. The van der Waals surface area contributed by atoms with Crippen LogP contribution in [-0.2, 0) is 14.9 Å². The molecule has 25 heavy (non-hydrogen) atoms. The maximum atomic E-state index is 12.4. The fourth-order valence-corrected chi connectivity index (χ4v) is 3.12. The molecule has 2 rings (SSSR count). The lowest BCUT2D eigenvalue weighted by Crippen LogP contribution is -2.48. The highest BCUT2D eigenvalue weighted by Crippen LogP contribution is 2.24. The van der Waals surface area contributed by atoms with E-state index >= 15 is 0 Å². The summed E-state index contributed by atoms with van der Waals surface area (Å²) in [4.78, 5) is 25.9. The van der Waals surface area contributed by atoms with Crippen molar-refractivity contribution in [3.8, 4) is 0 Å². The molecule has 1 heterocycles. The number of piperidine rings is 1. The monoisotopic (exact) mass is 366 g/mol. The molecular formula is C19H27ClN2O3. The van der Waals surface area contributed by atoms with Crippen LogP contribution in [0.25, 0.3) is 0 Å². The highest BCUT2D eigenvalue weighted by atomic mass is 35.5. The summed E-state index contributed by atoms with van der Waals surface area (Å²) in [5, 5.41) is 3.71. The van der Waals surface area contributed by atoms with Gasteiger partial charge >= 0.3 is 12.0 Å². The molecule has 1 aliphatic heterocycles. The molecule has 1 saturated heterocycles. The molecule has 0 saturated carbocycles. The van der Waals surface area contributed by atoms with Gasteiger partial charge in [-0.2, -0.15) is 0 Å². The van der Waals surface area contributed by atoms with Crippen molar-refractivity contribution in [2.75, 3.05) is 26.2 Å². The van der Waals surface area contributed by atoms with Crippen LogP contribution < -0.4 is 5.32 Å². The number of amides is 2. The van der Waals surface area contributed by atoms with Gasteiger partial charge in [0.15, 0.2) is 0 Å². The Balaban J connectivity index is 1.82. The fourth-order valence-electron chi connectivity index (χ4n) is 2.99. The first-order valence-electron chi connectivity index (χ1n) is 8.79. The smallest absolute Gasteiger partial charge is 0.317 e. The van der Waals surface area contributed by atoms with Crippen molar-refractivity contribution in [1.82, 2.24) is 10.2 Å². The molecule has 1 fully saturated rings. The van der Waals surface area contributed by atoms with Gasteiger partial charge in [-0.15, -0.1) is 0 Å². The first-order valence-corrected chi connectivity index (χ1v) is 9.16. The number of benzene rings is 1. The molecule has 0 aliphatic carbocycles. The average molecular weight is 367 g/mol. The van der Waals surface area contributed by atoms with Gasteiger partial charge in [0.2, 0.25) is 0 Å². The molecule has 0 bridgehead atoms. The molecule has 6 heteroatoms. The number of nitrogens with zero attached hydrogens (tertiary/aromatic N) is 1. The van der Waals surface area contributed by atoms with Crippen molar-refractivity contribution in [3.63, 3.8) is 0 Å². The second-order valence-electron chi connectivity index (χ2n) is 7.06. The number of rotatable bonds is 5. The Morgan fingerprint density at radius 1 is 1.24 bits per heavy atom. The first kappa shape index (κ1) is 19.6. The third-order valence-electron chi connectivity index (χ3n) is 4.71. The van der Waals surface area contributed by atoms with Crippen LogP contribution in [0.2, 0.25) is 5.02 Å². The number of carbonyl (C=O) groups excluding carboxylic acids is 2. The van der Waals surface area contributed by atoms with Crippen molar-refractivity contribution in [1.29, 1.82) is 0 Å². The number of halogens is 1. The molecule has 1 N–H and O–H groups in total. The molecule has 138 valence electrons. The summed E-state index contributed by atoms with van der Waals surface area (Å²) in [5.74, 6) is -0.235. The van der Waals surface area contributed by atoms with Crippen LogP contribution in [-0.4, -0.2) is 43.1 Å². The number of esters is 1. The van der Waals surface area contributed by atoms with Crippen LogP contribution in [0.15, 0.2) is 24.3 Å². The van der Waals surface area contributed by atoms with E-state index in [-0.39, 0.29) is 23.3 Å². The van der Waals surface area contributed by atoms with E-state index < -0.39 is 0 Å². The molecule has 0 unspecified atom stereocenters. The lowest BCUT2D eigenvalue weighted by atomic mass is 9.84. The van der Waals surface area contributed by atoms with Crippen LogP contribution in [0, 0.1) is 5.92 Å².